The van der Waals surface area contributed by atoms with E-state index in [9.17, 15) is 19.8 Å². The van der Waals surface area contributed by atoms with Gasteiger partial charge in [0.15, 0.2) is 0 Å². The number of aliphatic hydroxyl groups is 2. The zero-order chi connectivity index (χ0) is 47.9. The van der Waals surface area contributed by atoms with Gasteiger partial charge in [-0.3, -0.25) is 9.59 Å². The average molecular weight is 933 g/mol. The number of aliphatic hydroxyl groups excluding tert-OH is 2. The molecular formula is C60H117NO5. The molecule has 66 heavy (non-hydrogen) atoms. The molecular weight excluding hydrogens is 815 g/mol. The fraction of sp³-hybridized carbons (Fsp3) is 0.933. The van der Waals surface area contributed by atoms with Crippen LogP contribution in [0.25, 0.3) is 0 Å². The standard InChI is InChI=1S/C60H117NO5/c1-3-5-7-9-11-13-15-17-19-21-22-23-24-25-26-27-29-32-36-40-44-48-52-58(63)57(56-62)61-59(64)53-49-45-41-37-33-31-35-39-43-47-51-55-66-60(65)54-50-46-42-38-34-30-28-20-18-16-14-12-10-8-6-4-2/h20,28,57-58,62-63H,3-19,21-27,29-56H2,1-2H3,(H,61,64)/b28-20-. The van der Waals surface area contributed by atoms with Crippen LogP contribution in [0.1, 0.15) is 335 Å². The predicted octanol–water partition coefficient (Wildman–Crippen LogP) is 18.5. The van der Waals surface area contributed by atoms with Crippen molar-refractivity contribution in [3.63, 3.8) is 0 Å². The maximum Gasteiger partial charge on any atom is 0.305 e. The molecule has 6 heteroatoms. The van der Waals surface area contributed by atoms with Crippen LogP contribution >= 0.6 is 0 Å². The topological polar surface area (TPSA) is 95.9 Å². The Labute approximate surface area is 412 Å². The van der Waals surface area contributed by atoms with Gasteiger partial charge in [-0.25, -0.2) is 0 Å². The van der Waals surface area contributed by atoms with Crippen LogP contribution in [-0.4, -0.2) is 47.4 Å². The van der Waals surface area contributed by atoms with E-state index in [1.807, 2.05) is 0 Å². The summed E-state index contributed by atoms with van der Waals surface area (Å²) in [5.41, 5.74) is 0. The highest BCUT2D eigenvalue weighted by atomic mass is 16.5. The Balaban J connectivity index is 3.45. The number of hydrogen-bond acceptors (Lipinski definition) is 5. The number of rotatable bonds is 56. The van der Waals surface area contributed by atoms with Crippen LogP contribution in [0, 0.1) is 0 Å². The molecule has 0 heterocycles. The highest BCUT2D eigenvalue weighted by Crippen LogP contribution is 2.18. The Morgan fingerprint density at radius 2 is 0.712 bits per heavy atom. The molecule has 6 nitrogen and oxygen atoms in total. The van der Waals surface area contributed by atoms with Gasteiger partial charge in [0.1, 0.15) is 0 Å². The van der Waals surface area contributed by atoms with E-state index in [-0.39, 0.29) is 18.5 Å². The van der Waals surface area contributed by atoms with Crippen LogP contribution in [0.5, 0.6) is 0 Å². The molecule has 0 spiro atoms. The second-order valence-corrected chi connectivity index (χ2v) is 20.7. The molecule has 0 aromatic heterocycles. The maximum atomic E-state index is 12.5. The molecule has 0 aromatic carbocycles. The molecule has 0 saturated carbocycles. The number of nitrogens with one attached hydrogen (secondary N) is 1. The van der Waals surface area contributed by atoms with Gasteiger partial charge < -0.3 is 20.3 Å². The normalized spacial score (nSPS) is 12.6. The zero-order valence-corrected chi connectivity index (χ0v) is 44.7. The van der Waals surface area contributed by atoms with E-state index >= 15 is 0 Å². The highest BCUT2D eigenvalue weighted by Gasteiger charge is 2.20. The number of esters is 1. The first kappa shape index (κ1) is 64.6. The summed E-state index contributed by atoms with van der Waals surface area (Å²) in [5, 5.41) is 23.3. The first-order chi connectivity index (χ1) is 32.5. The maximum absolute atomic E-state index is 12.5. The van der Waals surface area contributed by atoms with E-state index in [2.05, 4.69) is 31.3 Å². The van der Waals surface area contributed by atoms with Crippen molar-refractivity contribution in [2.45, 2.75) is 347 Å². The van der Waals surface area contributed by atoms with Crippen molar-refractivity contribution in [2.75, 3.05) is 13.2 Å². The van der Waals surface area contributed by atoms with Crippen molar-refractivity contribution in [1.29, 1.82) is 0 Å². The van der Waals surface area contributed by atoms with Gasteiger partial charge in [-0.15, -0.1) is 0 Å². The summed E-state index contributed by atoms with van der Waals surface area (Å²) in [7, 11) is 0. The second kappa shape index (κ2) is 56.2. The molecule has 2 unspecified atom stereocenters. The van der Waals surface area contributed by atoms with E-state index in [4.69, 9.17) is 4.74 Å². The van der Waals surface area contributed by atoms with Gasteiger partial charge in [0.2, 0.25) is 5.91 Å². The number of ether oxygens (including phenoxy) is 1. The Morgan fingerprint density at radius 3 is 1.08 bits per heavy atom. The van der Waals surface area contributed by atoms with E-state index in [1.165, 1.54) is 244 Å². The van der Waals surface area contributed by atoms with Gasteiger partial charge in [-0.2, -0.15) is 0 Å². The number of carbonyl (C=O) groups is 2. The lowest BCUT2D eigenvalue weighted by Gasteiger charge is -2.22. The summed E-state index contributed by atoms with van der Waals surface area (Å²) < 4.78 is 5.47. The van der Waals surface area contributed by atoms with Gasteiger partial charge >= 0.3 is 5.97 Å². The van der Waals surface area contributed by atoms with Crippen molar-refractivity contribution in [3.8, 4) is 0 Å². The number of hydrogen-bond donors (Lipinski definition) is 3. The lowest BCUT2D eigenvalue weighted by molar-refractivity contribution is -0.143. The van der Waals surface area contributed by atoms with Crippen LogP contribution in [-0.2, 0) is 14.3 Å². The van der Waals surface area contributed by atoms with Crippen LogP contribution in [0.4, 0.5) is 0 Å². The molecule has 0 aliphatic rings. The van der Waals surface area contributed by atoms with Gasteiger partial charge in [0.25, 0.3) is 0 Å². The van der Waals surface area contributed by atoms with Crippen molar-refractivity contribution >= 4 is 11.9 Å². The third-order valence-electron chi connectivity index (χ3n) is 14.1. The van der Waals surface area contributed by atoms with Crippen molar-refractivity contribution in [1.82, 2.24) is 5.32 Å². The van der Waals surface area contributed by atoms with E-state index < -0.39 is 12.1 Å². The van der Waals surface area contributed by atoms with Crippen LogP contribution in [0.15, 0.2) is 12.2 Å². The molecule has 392 valence electrons. The van der Waals surface area contributed by atoms with E-state index in [0.29, 0.717) is 25.9 Å². The predicted molar refractivity (Wildman–Crippen MR) is 287 cm³/mol. The van der Waals surface area contributed by atoms with E-state index in [0.717, 1.165) is 57.8 Å². The zero-order valence-electron chi connectivity index (χ0n) is 44.7. The monoisotopic (exact) mass is 932 g/mol. The number of amides is 1. The third-order valence-corrected chi connectivity index (χ3v) is 14.1. The fourth-order valence-electron chi connectivity index (χ4n) is 9.46. The Bertz CT molecular complexity index is 986. The number of carbonyl (C=O) groups excluding carboxylic acids is 2. The minimum absolute atomic E-state index is 0.0197. The van der Waals surface area contributed by atoms with Crippen molar-refractivity contribution < 1.29 is 24.5 Å². The molecule has 2 atom stereocenters. The lowest BCUT2D eigenvalue weighted by Crippen LogP contribution is -2.45. The SMILES string of the molecule is CCCCCCCCC/C=C\CCCCCCCC(=O)OCCCCCCCCCCCCCC(=O)NC(CO)C(O)CCCCCCCCCCCCCCCCCCCCCCCC. The summed E-state index contributed by atoms with van der Waals surface area (Å²) >= 11 is 0. The first-order valence-electron chi connectivity index (χ1n) is 29.9. The molecule has 0 aromatic rings. The Hall–Kier alpha value is -1.40. The molecule has 0 bridgehead atoms. The number of allylic oxidation sites excluding steroid dienone is 2. The third kappa shape index (κ3) is 52.0. The minimum atomic E-state index is -0.677. The largest absolute Gasteiger partial charge is 0.466 e. The summed E-state index contributed by atoms with van der Waals surface area (Å²) in [5.74, 6) is -0.0701. The number of unbranched alkanes of at least 4 members (excludes halogenated alkanes) is 43. The molecule has 0 fully saturated rings. The highest BCUT2D eigenvalue weighted by molar-refractivity contribution is 5.76. The average Bonchev–Trinajstić information content (AvgIpc) is 3.32. The molecule has 0 radical (unpaired) electrons. The molecule has 0 rings (SSSR count). The van der Waals surface area contributed by atoms with Gasteiger partial charge in [0, 0.05) is 12.8 Å². The summed E-state index contributed by atoms with van der Waals surface area (Å²) in [6.45, 7) is 4.93. The summed E-state index contributed by atoms with van der Waals surface area (Å²) in [6, 6.07) is -0.556. The van der Waals surface area contributed by atoms with Crippen LogP contribution < -0.4 is 5.32 Å². The van der Waals surface area contributed by atoms with Crippen molar-refractivity contribution in [2.24, 2.45) is 0 Å². The van der Waals surface area contributed by atoms with E-state index in [1.54, 1.807) is 0 Å². The molecule has 0 saturated heterocycles. The lowest BCUT2D eigenvalue weighted by atomic mass is 10.0. The smallest absolute Gasteiger partial charge is 0.305 e. The summed E-state index contributed by atoms with van der Waals surface area (Å²) in [4.78, 5) is 24.6. The molecule has 1 amide bonds. The second-order valence-electron chi connectivity index (χ2n) is 20.7. The van der Waals surface area contributed by atoms with Gasteiger partial charge in [-0.1, -0.05) is 283 Å². The van der Waals surface area contributed by atoms with Gasteiger partial charge in [-0.05, 0) is 51.4 Å². The first-order valence-corrected chi connectivity index (χ1v) is 29.9. The molecule has 3 N–H and O–H groups in total. The quantitative estimate of drug-likeness (QED) is 0.0321. The van der Waals surface area contributed by atoms with Crippen LogP contribution in [0.2, 0.25) is 0 Å². The fourth-order valence-corrected chi connectivity index (χ4v) is 9.46. The molecule has 0 aliphatic heterocycles. The van der Waals surface area contributed by atoms with Crippen LogP contribution in [0.3, 0.4) is 0 Å². The minimum Gasteiger partial charge on any atom is -0.466 e. The van der Waals surface area contributed by atoms with Crippen molar-refractivity contribution in [3.05, 3.63) is 12.2 Å². The summed E-state index contributed by atoms with van der Waals surface area (Å²) in [6.07, 6.45) is 66.3. The Kier molecular flexibility index (Phi) is 55.0. The molecule has 0 aliphatic carbocycles. The van der Waals surface area contributed by atoms with Gasteiger partial charge in [0.05, 0.1) is 25.4 Å². The Morgan fingerprint density at radius 1 is 0.409 bits per heavy atom.